The number of aromatic nitrogens is 2. The molecule has 5 nitrogen and oxygen atoms in total. The first-order chi connectivity index (χ1) is 12.4. The Hall–Kier alpha value is -1.34. The molecule has 0 fully saturated rings. The van der Waals surface area contributed by atoms with E-state index in [1.165, 1.54) is 24.6 Å². The van der Waals surface area contributed by atoms with Crippen LogP contribution in [0.5, 0.6) is 0 Å². The number of hydrogen-bond donors (Lipinski definition) is 1. The van der Waals surface area contributed by atoms with Crippen LogP contribution < -0.4 is 10.9 Å². The molecular weight excluding hydrogens is 366 g/mol. The summed E-state index contributed by atoms with van der Waals surface area (Å²) in [6, 6.07) is -0.00129. The third-order valence-corrected chi connectivity index (χ3v) is 6.46. The van der Waals surface area contributed by atoms with Gasteiger partial charge in [0.25, 0.3) is 5.56 Å². The highest BCUT2D eigenvalue weighted by Crippen LogP contribution is 2.29. The van der Waals surface area contributed by atoms with Crippen LogP contribution in [0.2, 0.25) is 0 Å². The van der Waals surface area contributed by atoms with Crippen LogP contribution in [0.1, 0.15) is 62.9 Å². The number of aryl methyl sites for hydroxylation is 2. The van der Waals surface area contributed by atoms with E-state index in [1.807, 2.05) is 27.7 Å². The maximum atomic E-state index is 13.0. The van der Waals surface area contributed by atoms with Crippen molar-refractivity contribution < 1.29 is 4.79 Å². The first-order valence-electron chi connectivity index (χ1n) is 9.28. The Morgan fingerprint density at radius 2 is 2.00 bits per heavy atom. The number of nitrogens with zero attached hydrogens (tertiary/aromatic N) is 2. The van der Waals surface area contributed by atoms with E-state index in [1.54, 1.807) is 15.9 Å². The van der Waals surface area contributed by atoms with E-state index in [4.69, 9.17) is 4.98 Å². The van der Waals surface area contributed by atoms with E-state index < -0.39 is 0 Å². The molecule has 0 saturated carbocycles. The lowest BCUT2D eigenvalue weighted by atomic mass is 10.2. The maximum Gasteiger partial charge on any atom is 0.263 e. The molecule has 2 aromatic rings. The van der Waals surface area contributed by atoms with Crippen molar-refractivity contribution in [1.29, 1.82) is 0 Å². The van der Waals surface area contributed by atoms with Crippen LogP contribution >= 0.6 is 23.1 Å². The number of fused-ring (bicyclic) bond motifs is 1. The van der Waals surface area contributed by atoms with Crippen molar-refractivity contribution in [2.45, 2.75) is 71.5 Å². The van der Waals surface area contributed by atoms with E-state index in [0.29, 0.717) is 17.1 Å². The van der Waals surface area contributed by atoms with Gasteiger partial charge in [-0.1, -0.05) is 37.9 Å². The molecule has 0 saturated heterocycles. The topological polar surface area (TPSA) is 64.0 Å². The Morgan fingerprint density at radius 1 is 1.27 bits per heavy atom. The fraction of sp³-hybridized carbons (Fsp3) is 0.632. The van der Waals surface area contributed by atoms with Gasteiger partial charge in [0.05, 0.1) is 11.1 Å². The van der Waals surface area contributed by atoms with Gasteiger partial charge in [-0.15, -0.1) is 11.3 Å². The molecule has 0 spiro atoms. The molecule has 7 heteroatoms. The SMILES string of the molecule is CCCCCCNC(=O)CSc1nc2sc(C)c(C)c2c(=O)n1C(C)C. The third kappa shape index (κ3) is 4.88. The van der Waals surface area contributed by atoms with Gasteiger partial charge in [0.1, 0.15) is 4.83 Å². The lowest BCUT2D eigenvalue weighted by Gasteiger charge is -2.15. The fourth-order valence-electron chi connectivity index (χ4n) is 2.81. The Kier molecular flexibility index (Phi) is 7.70. The van der Waals surface area contributed by atoms with Crippen molar-refractivity contribution in [1.82, 2.24) is 14.9 Å². The van der Waals surface area contributed by atoms with Crippen molar-refractivity contribution in [3.63, 3.8) is 0 Å². The van der Waals surface area contributed by atoms with Crippen molar-refractivity contribution >= 4 is 39.2 Å². The lowest BCUT2D eigenvalue weighted by molar-refractivity contribution is -0.118. The van der Waals surface area contributed by atoms with E-state index in [9.17, 15) is 9.59 Å². The minimum atomic E-state index is -0.00526. The van der Waals surface area contributed by atoms with Crippen LogP contribution in [0.25, 0.3) is 10.2 Å². The van der Waals surface area contributed by atoms with Crippen LogP contribution in [0.15, 0.2) is 9.95 Å². The second-order valence-corrected chi connectivity index (χ2v) is 8.97. The van der Waals surface area contributed by atoms with E-state index in [2.05, 4.69) is 12.2 Å². The average molecular weight is 396 g/mol. The highest BCUT2D eigenvalue weighted by molar-refractivity contribution is 7.99. The second-order valence-electron chi connectivity index (χ2n) is 6.83. The van der Waals surface area contributed by atoms with Crippen LogP contribution in [0.3, 0.4) is 0 Å². The summed E-state index contributed by atoms with van der Waals surface area (Å²) in [6.45, 7) is 10.8. The summed E-state index contributed by atoms with van der Waals surface area (Å²) in [6.07, 6.45) is 4.55. The molecule has 0 bridgehead atoms. The molecule has 0 unspecified atom stereocenters. The van der Waals surface area contributed by atoms with Crippen molar-refractivity contribution in [3.8, 4) is 0 Å². The third-order valence-electron chi connectivity index (χ3n) is 4.40. The number of thioether (sulfide) groups is 1. The molecule has 0 aliphatic carbocycles. The van der Waals surface area contributed by atoms with Gasteiger partial charge in [0.2, 0.25) is 5.91 Å². The Balaban J connectivity index is 2.12. The summed E-state index contributed by atoms with van der Waals surface area (Å²) in [5.74, 6) is 0.275. The number of hydrogen-bond acceptors (Lipinski definition) is 5. The number of amides is 1. The summed E-state index contributed by atoms with van der Waals surface area (Å²) < 4.78 is 1.71. The molecule has 1 amide bonds. The predicted octanol–water partition coefficient (Wildman–Crippen LogP) is 4.44. The Bertz CT molecular complexity index is 824. The van der Waals surface area contributed by atoms with Crippen LogP contribution in [-0.2, 0) is 4.79 Å². The minimum Gasteiger partial charge on any atom is -0.355 e. The van der Waals surface area contributed by atoms with Gasteiger partial charge in [-0.25, -0.2) is 4.98 Å². The number of unbranched alkanes of at least 4 members (excludes halogenated alkanes) is 3. The summed E-state index contributed by atoms with van der Waals surface area (Å²) in [5, 5.41) is 4.29. The average Bonchev–Trinajstić information content (AvgIpc) is 2.87. The van der Waals surface area contributed by atoms with Gasteiger partial charge < -0.3 is 5.32 Å². The molecule has 26 heavy (non-hydrogen) atoms. The summed E-state index contributed by atoms with van der Waals surface area (Å²) in [7, 11) is 0. The largest absolute Gasteiger partial charge is 0.355 e. The summed E-state index contributed by atoms with van der Waals surface area (Å²) >= 11 is 2.89. The Morgan fingerprint density at radius 3 is 2.65 bits per heavy atom. The molecular formula is C19H29N3O2S2. The number of carbonyl (C=O) groups excluding carboxylic acids is 1. The predicted molar refractivity (Wildman–Crippen MR) is 112 cm³/mol. The van der Waals surface area contributed by atoms with Crippen LogP contribution in [-0.4, -0.2) is 27.8 Å². The van der Waals surface area contributed by atoms with Gasteiger partial charge in [0, 0.05) is 17.5 Å². The van der Waals surface area contributed by atoms with Gasteiger partial charge in [-0.2, -0.15) is 0 Å². The first kappa shape index (κ1) is 21.0. The zero-order valence-electron chi connectivity index (χ0n) is 16.3. The molecule has 0 aromatic carbocycles. The number of thiophene rings is 1. The molecule has 0 atom stereocenters. The van der Waals surface area contributed by atoms with Gasteiger partial charge in [-0.05, 0) is 39.7 Å². The van der Waals surface area contributed by atoms with Gasteiger partial charge in [-0.3, -0.25) is 14.2 Å². The van der Waals surface area contributed by atoms with E-state index in [0.717, 1.165) is 28.1 Å². The fourth-order valence-corrected chi connectivity index (χ4v) is 4.83. The zero-order chi connectivity index (χ0) is 19.3. The van der Waals surface area contributed by atoms with Crippen molar-refractivity contribution in [2.75, 3.05) is 12.3 Å². The van der Waals surface area contributed by atoms with Gasteiger partial charge >= 0.3 is 0 Å². The molecule has 2 heterocycles. The molecule has 0 aliphatic heterocycles. The Labute approximate surface area is 163 Å². The number of nitrogens with one attached hydrogen (secondary N) is 1. The van der Waals surface area contributed by atoms with Gasteiger partial charge in [0.15, 0.2) is 5.16 Å². The monoisotopic (exact) mass is 395 g/mol. The number of rotatable bonds is 9. The summed E-state index contributed by atoms with van der Waals surface area (Å²) in [5.41, 5.74) is 1.01. The normalized spacial score (nSPS) is 11.5. The summed E-state index contributed by atoms with van der Waals surface area (Å²) in [4.78, 5) is 31.6. The standard InChI is InChI=1S/C19H29N3O2S2/c1-6-7-8-9-10-20-15(23)11-25-19-21-17-16(13(4)14(5)26-17)18(24)22(19)12(2)3/h12H,6-11H2,1-5H3,(H,20,23). The quantitative estimate of drug-likeness (QED) is 0.387. The van der Waals surface area contributed by atoms with Crippen molar-refractivity contribution in [2.24, 2.45) is 0 Å². The van der Waals surface area contributed by atoms with Crippen LogP contribution in [0, 0.1) is 13.8 Å². The van der Waals surface area contributed by atoms with E-state index >= 15 is 0 Å². The molecule has 0 aliphatic rings. The number of carbonyl (C=O) groups is 1. The highest BCUT2D eigenvalue weighted by Gasteiger charge is 2.19. The lowest BCUT2D eigenvalue weighted by Crippen LogP contribution is -2.28. The molecule has 144 valence electrons. The molecule has 2 rings (SSSR count). The molecule has 1 N–H and O–H groups in total. The highest BCUT2D eigenvalue weighted by atomic mass is 32.2. The van der Waals surface area contributed by atoms with Crippen molar-refractivity contribution in [3.05, 3.63) is 20.8 Å². The smallest absolute Gasteiger partial charge is 0.263 e. The maximum absolute atomic E-state index is 13.0. The van der Waals surface area contributed by atoms with Crippen LogP contribution in [0.4, 0.5) is 0 Å². The minimum absolute atomic E-state index is 0.00129. The first-order valence-corrected chi connectivity index (χ1v) is 11.1. The van der Waals surface area contributed by atoms with E-state index in [-0.39, 0.29) is 23.3 Å². The zero-order valence-corrected chi connectivity index (χ0v) is 18.0. The second kappa shape index (κ2) is 9.55. The molecule has 0 radical (unpaired) electrons. The molecule has 2 aromatic heterocycles.